The third-order valence-corrected chi connectivity index (χ3v) is 3.33. The number of carboxylic acids is 1. The Morgan fingerprint density at radius 2 is 2.00 bits per heavy atom. The summed E-state index contributed by atoms with van der Waals surface area (Å²) in [6, 6.07) is 14.1. The molecule has 0 aliphatic carbocycles. The zero-order valence-corrected chi connectivity index (χ0v) is 11.6. The third kappa shape index (κ3) is 2.85. The van der Waals surface area contributed by atoms with E-state index in [1.807, 2.05) is 24.3 Å². The molecular weight excluding hydrogens is 292 g/mol. The van der Waals surface area contributed by atoms with Gasteiger partial charge in [0, 0.05) is 5.39 Å². The molecule has 4 nitrogen and oxygen atoms in total. The summed E-state index contributed by atoms with van der Waals surface area (Å²) in [5, 5.41) is 10.2. The molecule has 106 valence electrons. The fourth-order valence-electron chi connectivity index (χ4n) is 2.01. The van der Waals surface area contributed by atoms with Crippen LogP contribution in [0, 0.1) is 0 Å². The van der Waals surface area contributed by atoms with Crippen LogP contribution in [0.5, 0.6) is 5.75 Å². The van der Waals surface area contributed by atoms with E-state index < -0.39 is 5.97 Å². The molecule has 0 bridgehead atoms. The first-order valence-electron chi connectivity index (χ1n) is 6.26. The standard InChI is InChI=1S/C16H11ClO4/c17-12-3-1-2-4-14(12)20-9-10-5-6-13-11(7-10)8-15(21-13)16(18)19/h1-8H,9H2,(H,18,19). The molecule has 0 amide bonds. The SMILES string of the molecule is O=C(O)c1cc2cc(COc3ccccc3Cl)ccc2o1. The fraction of sp³-hybridized carbons (Fsp3) is 0.0625. The predicted octanol–water partition coefficient (Wildman–Crippen LogP) is 4.36. The zero-order valence-electron chi connectivity index (χ0n) is 10.9. The highest BCUT2D eigenvalue weighted by Crippen LogP contribution is 2.25. The number of ether oxygens (including phenoxy) is 1. The molecule has 1 aromatic heterocycles. The van der Waals surface area contributed by atoms with Crippen molar-refractivity contribution in [2.75, 3.05) is 0 Å². The summed E-state index contributed by atoms with van der Waals surface area (Å²) in [4.78, 5) is 10.9. The molecule has 0 aliphatic rings. The van der Waals surface area contributed by atoms with Crippen molar-refractivity contribution in [2.24, 2.45) is 0 Å². The van der Waals surface area contributed by atoms with Crippen LogP contribution in [-0.2, 0) is 6.61 Å². The van der Waals surface area contributed by atoms with Crippen LogP contribution in [-0.4, -0.2) is 11.1 Å². The number of hydrogen-bond donors (Lipinski definition) is 1. The minimum atomic E-state index is -1.08. The lowest BCUT2D eigenvalue weighted by molar-refractivity contribution is 0.0665. The van der Waals surface area contributed by atoms with Gasteiger partial charge in [-0.15, -0.1) is 0 Å². The molecule has 0 fully saturated rings. The lowest BCUT2D eigenvalue weighted by atomic mass is 10.1. The maximum absolute atomic E-state index is 10.9. The predicted molar refractivity (Wildman–Crippen MR) is 79.0 cm³/mol. The van der Waals surface area contributed by atoms with Crippen molar-refractivity contribution < 1.29 is 19.1 Å². The molecule has 0 saturated carbocycles. The molecule has 1 N–H and O–H groups in total. The minimum Gasteiger partial charge on any atom is -0.487 e. The molecule has 3 aromatic rings. The molecule has 0 atom stereocenters. The largest absolute Gasteiger partial charge is 0.487 e. The molecule has 0 unspecified atom stereocenters. The van der Waals surface area contributed by atoms with Crippen LogP contribution in [0.15, 0.2) is 52.9 Å². The summed E-state index contributed by atoms with van der Waals surface area (Å²) in [6.45, 7) is 0.341. The van der Waals surface area contributed by atoms with E-state index in [9.17, 15) is 4.79 Å². The lowest BCUT2D eigenvalue weighted by Crippen LogP contribution is -1.95. The molecule has 0 spiro atoms. The molecule has 21 heavy (non-hydrogen) atoms. The maximum Gasteiger partial charge on any atom is 0.371 e. The highest BCUT2D eigenvalue weighted by Gasteiger charge is 2.10. The molecule has 2 aromatic carbocycles. The number of fused-ring (bicyclic) bond motifs is 1. The smallest absolute Gasteiger partial charge is 0.371 e. The van der Waals surface area contributed by atoms with E-state index in [1.54, 1.807) is 18.2 Å². The van der Waals surface area contributed by atoms with Crippen LogP contribution in [0.2, 0.25) is 5.02 Å². The Bertz CT molecular complexity index is 807. The van der Waals surface area contributed by atoms with Crippen molar-refractivity contribution in [3.8, 4) is 5.75 Å². The molecule has 0 radical (unpaired) electrons. The van der Waals surface area contributed by atoms with E-state index in [1.165, 1.54) is 6.07 Å². The van der Waals surface area contributed by atoms with Gasteiger partial charge in [0.25, 0.3) is 0 Å². The summed E-state index contributed by atoms with van der Waals surface area (Å²) in [6.07, 6.45) is 0. The normalized spacial score (nSPS) is 10.7. The van der Waals surface area contributed by atoms with Crippen LogP contribution < -0.4 is 4.74 Å². The van der Waals surface area contributed by atoms with Crippen molar-refractivity contribution in [1.82, 2.24) is 0 Å². The van der Waals surface area contributed by atoms with Gasteiger partial charge < -0.3 is 14.3 Å². The Labute approximate surface area is 125 Å². The van der Waals surface area contributed by atoms with E-state index in [0.717, 1.165) is 10.9 Å². The number of carboxylic acid groups (broad SMARTS) is 1. The number of furan rings is 1. The number of benzene rings is 2. The number of aromatic carboxylic acids is 1. The van der Waals surface area contributed by atoms with E-state index in [-0.39, 0.29) is 5.76 Å². The zero-order chi connectivity index (χ0) is 14.8. The molecule has 0 saturated heterocycles. The fourth-order valence-corrected chi connectivity index (χ4v) is 2.20. The van der Waals surface area contributed by atoms with Gasteiger partial charge in [-0.05, 0) is 35.9 Å². The van der Waals surface area contributed by atoms with Crippen LogP contribution in [0.1, 0.15) is 16.1 Å². The molecular formula is C16H11ClO4. The van der Waals surface area contributed by atoms with Crippen molar-refractivity contribution in [3.63, 3.8) is 0 Å². The first kappa shape index (κ1) is 13.5. The first-order valence-corrected chi connectivity index (χ1v) is 6.64. The number of para-hydroxylation sites is 1. The topological polar surface area (TPSA) is 59.7 Å². The quantitative estimate of drug-likeness (QED) is 0.777. The van der Waals surface area contributed by atoms with Gasteiger partial charge in [0.1, 0.15) is 17.9 Å². The average Bonchev–Trinajstić information content (AvgIpc) is 2.90. The van der Waals surface area contributed by atoms with Crippen LogP contribution in [0.25, 0.3) is 11.0 Å². The number of halogens is 1. The second-order valence-electron chi connectivity index (χ2n) is 4.51. The minimum absolute atomic E-state index is 0.0748. The molecule has 5 heteroatoms. The van der Waals surface area contributed by atoms with Crippen molar-refractivity contribution in [1.29, 1.82) is 0 Å². The summed E-state index contributed by atoms with van der Waals surface area (Å²) in [5.74, 6) is -0.549. The van der Waals surface area contributed by atoms with Gasteiger partial charge in [0.15, 0.2) is 0 Å². The van der Waals surface area contributed by atoms with Crippen molar-refractivity contribution >= 4 is 28.5 Å². The Morgan fingerprint density at radius 3 is 2.76 bits per heavy atom. The second kappa shape index (κ2) is 5.50. The van der Waals surface area contributed by atoms with Gasteiger partial charge in [-0.1, -0.05) is 29.8 Å². The lowest BCUT2D eigenvalue weighted by Gasteiger charge is -2.07. The van der Waals surface area contributed by atoms with E-state index >= 15 is 0 Å². The molecule has 0 aliphatic heterocycles. The van der Waals surface area contributed by atoms with Gasteiger partial charge in [-0.2, -0.15) is 0 Å². The first-order chi connectivity index (χ1) is 10.1. The van der Waals surface area contributed by atoms with E-state index in [2.05, 4.69) is 0 Å². The number of hydrogen-bond acceptors (Lipinski definition) is 3. The van der Waals surface area contributed by atoms with Crippen LogP contribution in [0.4, 0.5) is 0 Å². The summed E-state index contributed by atoms with van der Waals surface area (Å²) in [7, 11) is 0. The van der Waals surface area contributed by atoms with E-state index in [4.69, 9.17) is 25.9 Å². The maximum atomic E-state index is 10.9. The Morgan fingerprint density at radius 1 is 1.19 bits per heavy atom. The summed E-state index contributed by atoms with van der Waals surface area (Å²) >= 11 is 6.02. The van der Waals surface area contributed by atoms with Gasteiger partial charge in [-0.3, -0.25) is 0 Å². The van der Waals surface area contributed by atoms with Gasteiger partial charge in [-0.25, -0.2) is 4.79 Å². The van der Waals surface area contributed by atoms with Gasteiger partial charge >= 0.3 is 5.97 Å². The van der Waals surface area contributed by atoms with Crippen molar-refractivity contribution in [3.05, 3.63) is 64.9 Å². The summed E-state index contributed by atoms with van der Waals surface area (Å²) in [5.41, 5.74) is 1.44. The monoisotopic (exact) mass is 302 g/mol. The molecule has 1 heterocycles. The third-order valence-electron chi connectivity index (χ3n) is 3.02. The highest BCUT2D eigenvalue weighted by atomic mass is 35.5. The van der Waals surface area contributed by atoms with Gasteiger partial charge in [0.05, 0.1) is 5.02 Å². The van der Waals surface area contributed by atoms with E-state index in [0.29, 0.717) is 23.0 Å². The number of carbonyl (C=O) groups is 1. The number of rotatable bonds is 4. The van der Waals surface area contributed by atoms with Crippen molar-refractivity contribution in [2.45, 2.75) is 6.61 Å². The molecule has 3 rings (SSSR count). The van der Waals surface area contributed by atoms with Gasteiger partial charge in [0.2, 0.25) is 5.76 Å². The summed E-state index contributed by atoms with van der Waals surface area (Å²) < 4.78 is 10.9. The van der Waals surface area contributed by atoms with Crippen LogP contribution in [0.3, 0.4) is 0 Å². The second-order valence-corrected chi connectivity index (χ2v) is 4.91. The Kier molecular flexibility index (Phi) is 3.54. The van der Waals surface area contributed by atoms with Crippen LogP contribution >= 0.6 is 11.6 Å². The Balaban J connectivity index is 1.81. The Hall–Kier alpha value is -2.46. The average molecular weight is 303 g/mol. The highest BCUT2D eigenvalue weighted by molar-refractivity contribution is 6.32.